The van der Waals surface area contributed by atoms with Gasteiger partial charge in [0, 0.05) is 11.4 Å². The predicted octanol–water partition coefficient (Wildman–Crippen LogP) is 2.95. The van der Waals surface area contributed by atoms with Gasteiger partial charge in [0.2, 0.25) is 10.0 Å². The second-order valence-electron chi connectivity index (χ2n) is 4.01. The van der Waals surface area contributed by atoms with Crippen LogP contribution in [0, 0.1) is 11.3 Å². The first-order valence-corrected chi connectivity index (χ1v) is 8.39. The van der Waals surface area contributed by atoms with Gasteiger partial charge in [-0.3, -0.25) is 0 Å². The van der Waals surface area contributed by atoms with Gasteiger partial charge in [-0.25, -0.2) is 13.1 Å². The Kier molecular flexibility index (Phi) is 4.78. The maximum Gasteiger partial charge on any atom is 0.240 e. The predicted molar refractivity (Wildman–Crippen MR) is 79.1 cm³/mol. The molecular formula is C13H11ClN2O2S2. The topological polar surface area (TPSA) is 70.0 Å². The number of nitrogens with one attached hydrogen (secondary N) is 1. The molecule has 0 bridgehead atoms. The summed E-state index contributed by atoms with van der Waals surface area (Å²) >= 11 is 7.12. The molecule has 20 heavy (non-hydrogen) atoms. The average Bonchev–Trinajstić information content (AvgIpc) is 2.84. The highest BCUT2D eigenvalue weighted by Crippen LogP contribution is 2.21. The lowest BCUT2D eigenvalue weighted by molar-refractivity contribution is 0.582. The smallest absolute Gasteiger partial charge is 0.207 e. The van der Waals surface area contributed by atoms with Crippen LogP contribution in [0.5, 0.6) is 0 Å². The van der Waals surface area contributed by atoms with Gasteiger partial charge in [-0.15, -0.1) is 11.3 Å². The zero-order chi connectivity index (χ0) is 14.6. The van der Waals surface area contributed by atoms with Crippen LogP contribution >= 0.6 is 22.9 Å². The van der Waals surface area contributed by atoms with Crippen molar-refractivity contribution in [2.75, 3.05) is 0 Å². The molecule has 1 heterocycles. The Morgan fingerprint density at radius 1 is 1.20 bits per heavy atom. The van der Waals surface area contributed by atoms with Crippen LogP contribution in [0.3, 0.4) is 0 Å². The fourth-order valence-electron chi connectivity index (χ4n) is 1.57. The molecule has 0 fully saturated rings. The van der Waals surface area contributed by atoms with Crippen LogP contribution in [-0.2, 0) is 23.0 Å². The number of halogens is 1. The summed E-state index contributed by atoms with van der Waals surface area (Å²) < 4.78 is 27.3. The van der Waals surface area contributed by atoms with Crippen LogP contribution in [0.15, 0.2) is 41.3 Å². The quantitative estimate of drug-likeness (QED) is 0.918. The van der Waals surface area contributed by atoms with Gasteiger partial charge in [0.25, 0.3) is 0 Å². The number of nitrogens with zero attached hydrogens (tertiary/aromatic N) is 1. The molecule has 0 aliphatic carbocycles. The summed E-state index contributed by atoms with van der Waals surface area (Å²) in [4.78, 5) is 1.03. The number of rotatable bonds is 5. The Balaban J connectivity index is 2.08. The summed E-state index contributed by atoms with van der Waals surface area (Å²) in [5.74, 6) is 0. The van der Waals surface area contributed by atoms with E-state index in [0.29, 0.717) is 4.34 Å². The minimum absolute atomic E-state index is 0.182. The number of hydrogen-bond donors (Lipinski definition) is 1. The number of benzene rings is 1. The molecule has 0 amide bonds. The number of thiophene rings is 1. The molecule has 4 nitrogen and oxygen atoms in total. The molecule has 0 atom stereocenters. The second kappa shape index (κ2) is 6.37. The van der Waals surface area contributed by atoms with Crippen LogP contribution in [-0.4, -0.2) is 8.42 Å². The van der Waals surface area contributed by atoms with Gasteiger partial charge in [-0.1, -0.05) is 23.7 Å². The van der Waals surface area contributed by atoms with Gasteiger partial charge >= 0.3 is 0 Å². The molecule has 2 rings (SSSR count). The molecule has 0 aliphatic rings. The Bertz CT molecular complexity index is 730. The van der Waals surface area contributed by atoms with E-state index < -0.39 is 10.0 Å². The zero-order valence-corrected chi connectivity index (χ0v) is 12.7. The van der Waals surface area contributed by atoms with Crippen molar-refractivity contribution in [2.45, 2.75) is 17.9 Å². The van der Waals surface area contributed by atoms with E-state index in [4.69, 9.17) is 16.9 Å². The highest BCUT2D eigenvalue weighted by molar-refractivity contribution is 7.89. The molecule has 0 spiro atoms. The third-order valence-electron chi connectivity index (χ3n) is 2.58. The highest BCUT2D eigenvalue weighted by atomic mass is 35.5. The molecule has 0 saturated heterocycles. The van der Waals surface area contributed by atoms with E-state index >= 15 is 0 Å². The molecule has 1 aromatic carbocycles. The molecule has 1 aromatic heterocycles. The van der Waals surface area contributed by atoms with E-state index in [1.807, 2.05) is 6.07 Å². The van der Waals surface area contributed by atoms with Crippen molar-refractivity contribution < 1.29 is 8.42 Å². The standard InChI is InChI=1S/C13H11ClN2O2S2/c14-13-6-3-11(19-13)9-16-20(17,18)12-4-1-10(2-5-12)7-8-15/h1-6,16H,7,9H2. The van der Waals surface area contributed by atoms with Gasteiger partial charge in [-0.05, 0) is 29.8 Å². The highest BCUT2D eigenvalue weighted by Gasteiger charge is 2.13. The fourth-order valence-corrected chi connectivity index (χ4v) is 3.70. The van der Waals surface area contributed by atoms with E-state index in [1.54, 1.807) is 24.3 Å². The van der Waals surface area contributed by atoms with E-state index in [2.05, 4.69) is 4.72 Å². The minimum Gasteiger partial charge on any atom is -0.207 e. The third kappa shape index (κ3) is 3.81. The number of hydrogen-bond acceptors (Lipinski definition) is 4. The van der Waals surface area contributed by atoms with Crippen molar-refractivity contribution in [3.63, 3.8) is 0 Å². The third-order valence-corrected chi connectivity index (χ3v) is 5.23. The van der Waals surface area contributed by atoms with Crippen LogP contribution in [0.2, 0.25) is 4.34 Å². The van der Waals surface area contributed by atoms with Crippen molar-refractivity contribution in [1.29, 1.82) is 5.26 Å². The summed E-state index contributed by atoms with van der Waals surface area (Å²) in [5, 5.41) is 8.57. The maximum atomic E-state index is 12.1. The molecule has 0 saturated carbocycles. The van der Waals surface area contributed by atoms with E-state index in [0.717, 1.165) is 10.4 Å². The largest absolute Gasteiger partial charge is 0.240 e. The van der Waals surface area contributed by atoms with Crippen LogP contribution in [0.1, 0.15) is 10.4 Å². The first kappa shape index (κ1) is 15.0. The fraction of sp³-hybridized carbons (Fsp3) is 0.154. The molecule has 0 aliphatic heterocycles. The first-order chi connectivity index (χ1) is 9.51. The van der Waals surface area contributed by atoms with Gasteiger partial charge in [0.15, 0.2) is 0 Å². The van der Waals surface area contributed by atoms with E-state index in [9.17, 15) is 8.42 Å². The van der Waals surface area contributed by atoms with Crippen molar-refractivity contribution in [3.05, 3.63) is 51.2 Å². The number of nitriles is 1. The summed E-state index contributed by atoms with van der Waals surface area (Å²) in [6.45, 7) is 0.208. The molecule has 104 valence electrons. The molecule has 1 N–H and O–H groups in total. The summed E-state index contributed by atoms with van der Waals surface area (Å²) in [7, 11) is -3.55. The Morgan fingerprint density at radius 2 is 1.90 bits per heavy atom. The monoisotopic (exact) mass is 326 g/mol. The molecule has 7 heteroatoms. The number of sulfonamides is 1. The Labute approximate surface area is 126 Å². The average molecular weight is 327 g/mol. The minimum atomic E-state index is -3.55. The molecule has 0 radical (unpaired) electrons. The van der Waals surface area contributed by atoms with Crippen molar-refractivity contribution in [3.8, 4) is 6.07 Å². The zero-order valence-electron chi connectivity index (χ0n) is 10.3. The molecule has 2 aromatic rings. The van der Waals surface area contributed by atoms with E-state index in [1.165, 1.54) is 23.5 Å². The first-order valence-electron chi connectivity index (χ1n) is 5.71. The van der Waals surface area contributed by atoms with E-state index in [-0.39, 0.29) is 17.9 Å². The normalized spacial score (nSPS) is 11.2. The maximum absolute atomic E-state index is 12.1. The molecule has 0 unspecified atom stereocenters. The lowest BCUT2D eigenvalue weighted by atomic mass is 10.2. The van der Waals surface area contributed by atoms with Crippen molar-refractivity contribution in [1.82, 2.24) is 4.72 Å². The summed E-state index contributed by atoms with van der Waals surface area (Å²) in [6.07, 6.45) is 0.265. The van der Waals surface area contributed by atoms with Crippen molar-refractivity contribution >= 4 is 33.0 Å². The van der Waals surface area contributed by atoms with Gasteiger partial charge in [-0.2, -0.15) is 5.26 Å². The van der Waals surface area contributed by atoms with Gasteiger partial charge in [0.05, 0.1) is 21.7 Å². The summed E-state index contributed by atoms with van der Waals surface area (Å²) in [6, 6.07) is 11.8. The van der Waals surface area contributed by atoms with Crippen LogP contribution in [0.4, 0.5) is 0 Å². The summed E-state index contributed by atoms with van der Waals surface area (Å²) in [5.41, 5.74) is 0.788. The second-order valence-corrected chi connectivity index (χ2v) is 7.58. The SMILES string of the molecule is N#CCc1ccc(S(=O)(=O)NCc2ccc(Cl)s2)cc1. The van der Waals surface area contributed by atoms with Crippen LogP contribution < -0.4 is 4.72 Å². The molecular weight excluding hydrogens is 316 g/mol. The van der Waals surface area contributed by atoms with Crippen molar-refractivity contribution in [2.24, 2.45) is 0 Å². The Hall–Kier alpha value is -1.39. The van der Waals surface area contributed by atoms with Crippen LogP contribution in [0.25, 0.3) is 0 Å². The van der Waals surface area contributed by atoms with Gasteiger partial charge < -0.3 is 0 Å². The van der Waals surface area contributed by atoms with Gasteiger partial charge in [0.1, 0.15) is 0 Å². The Morgan fingerprint density at radius 3 is 2.45 bits per heavy atom. The lowest BCUT2D eigenvalue weighted by Gasteiger charge is -2.06. The lowest BCUT2D eigenvalue weighted by Crippen LogP contribution is -2.22.